The molecule has 2 heterocycles. The van der Waals surface area contributed by atoms with Crippen LogP contribution in [0.5, 0.6) is 0 Å². The monoisotopic (exact) mass is 339 g/mol. The third-order valence-electron chi connectivity index (χ3n) is 3.73. The van der Waals surface area contributed by atoms with Crippen LogP contribution in [-0.4, -0.2) is 26.7 Å². The second-order valence-electron chi connectivity index (χ2n) is 5.63. The Morgan fingerprint density at radius 1 is 1.16 bits per heavy atom. The smallest absolute Gasteiger partial charge is 0.380 e. The molecule has 0 bridgehead atoms. The molecule has 7 nitrogen and oxygen atoms in total. The van der Waals surface area contributed by atoms with Gasteiger partial charge < -0.3 is 9.26 Å². The molecule has 0 spiro atoms. The van der Waals surface area contributed by atoms with E-state index in [1.165, 1.54) is 0 Å². The zero-order valence-corrected chi connectivity index (χ0v) is 14.1. The van der Waals surface area contributed by atoms with Crippen molar-refractivity contribution in [1.82, 2.24) is 14.9 Å². The Morgan fingerprint density at radius 3 is 2.52 bits per heavy atom. The molecule has 0 amide bonds. The SMILES string of the molecule is Cc1cc(COC(=O)C(=O)c2c(C)nn(-c3ccccc3)c2C)on1. The Hall–Kier alpha value is -3.22. The molecule has 0 unspecified atom stereocenters. The lowest BCUT2D eigenvalue weighted by atomic mass is 10.1. The van der Waals surface area contributed by atoms with Gasteiger partial charge >= 0.3 is 5.97 Å². The van der Waals surface area contributed by atoms with Crippen molar-refractivity contribution in [2.75, 3.05) is 0 Å². The number of ketones is 1. The van der Waals surface area contributed by atoms with Gasteiger partial charge in [-0.05, 0) is 32.9 Å². The van der Waals surface area contributed by atoms with Crippen LogP contribution in [0.1, 0.15) is 33.2 Å². The van der Waals surface area contributed by atoms with Gasteiger partial charge in [0.1, 0.15) is 0 Å². The maximum atomic E-state index is 12.5. The van der Waals surface area contributed by atoms with Gasteiger partial charge in [0.15, 0.2) is 12.4 Å². The number of Topliss-reactive ketones (excluding diaryl/α,β-unsaturated/α-hetero) is 1. The summed E-state index contributed by atoms with van der Waals surface area (Å²) in [7, 11) is 0. The summed E-state index contributed by atoms with van der Waals surface area (Å²) < 4.78 is 11.6. The molecule has 0 aliphatic rings. The molecule has 0 saturated heterocycles. The largest absolute Gasteiger partial charge is 0.451 e. The van der Waals surface area contributed by atoms with E-state index in [2.05, 4.69) is 10.3 Å². The molecule has 1 aromatic carbocycles. The van der Waals surface area contributed by atoms with Crippen molar-refractivity contribution in [2.45, 2.75) is 27.4 Å². The van der Waals surface area contributed by atoms with Crippen molar-refractivity contribution >= 4 is 11.8 Å². The maximum Gasteiger partial charge on any atom is 0.380 e. The summed E-state index contributed by atoms with van der Waals surface area (Å²) in [5, 5.41) is 8.06. The average Bonchev–Trinajstić information content (AvgIpc) is 3.15. The highest BCUT2D eigenvalue weighted by molar-refractivity contribution is 6.41. The first-order chi connectivity index (χ1) is 12.0. The summed E-state index contributed by atoms with van der Waals surface area (Å²) >= 11 is 0. The van der Waals surface area contributed by atoms with E-state index in [-0.39, 0.29) is 12.2 Å². The van der Waals surface area contributed by atoms with E-state index in [4.69, 9.17) is 9.26 Å². The highest BCUT2D eigenvalue weighted by Crippen LogP contribution is 2.19. The van der Waals surface area contributed by atoms with Gasteiger partial charge in [0, 0.05) is 6.07 Å². The van der Waals surface area contributed by atoms with Crippen LogP contribution in [0.25, 0.3) is 5.69 Å². The fourth-order valence-corrected chi connectivity index (χ4v) is 2.58. The molecule has 128 valence electrons. The first kappa shape index (κ1) is 16.6. The fourth-order valence-electron chi connectivity index (χ4n) is 2.58. The van der Waals surface area contributed by atoms with Crippen molar-refractivity contribution < 1.29 is 18.8 Å². The minimum Gasteiger partial charge on any atom is -0.451 e. The number of esters is 1. The van der Waals surface area contributed by atoms with Gasteiger partial charge in [0.05, 0.1) is 28.3 Å². The van der Waals surface area contributed by atoms with Gasteiger partial charge in [-0.2, -0.15) is 5.10 Å². The van der Waals surface area contributed by atoms with E-state index in [0.29, 0.717) is 22.8 Å². The van der Waals surface area contributed by atoms with Crippen LogP contribution in [0, 0.1) is 20.8 Å². The van der Waals surface area contributed by atoms with Crippen molar-refractivity contribution in [2.24, 2.45) is 0 Å². The minimum atomic E-state index is -0.951. The molecule has 25 heavy (non-hydrogen) atoms. The molecule has 2 aromatic heterocycles. The van der Waals surface area contributed by atoms with Crippen LogP contribution in [0.3, 0.4) is 0 Å². The third kappa shape index (κ3) is 3.35. The van der Waals surface area contributed by atoms with Crippen molar-refractivity contribution in [3.8, 4) is 5.69 Å². The topological polar surface area (TPSA) is 87.2 Å². The average molecular weight is 339 g/mol. The van der Waals surface area contributed by atoms with E-state index in [9.17, 15) is 9.59 Å². The highest BCUT2D eigenvalue weighted by Gasteiger charge is 2.26. The number of ether oxygens (including phenoxy) is 1. The molecule has 7 heteroatoms. The number of aromatic nitrogens is 3. The Kier molecular flexibility index (Phi) is 4.47. The van der Waals surface area contributed by atoms with Crippen LogP contribution in [0.2, 0.25) is 0 Å². The predicted octanol–water partition coefficient (Wildman–Crippen LogP) is 2.71. The second-order valence-corrected chi connectivity index (χ2v) is 5.63. The highest BCUT2D eigenvalue weighted by atomic mass is 16.6. The summed E-state index contributed by atoms with van der Waals surface area (Å²) in [5.41, 5.74) is 2.79. The van der Waals surface area contributed by atoms with E-state index in [0.717, 1.165) is 5.69 Å². The molecule has 0 aliphatic heterocycles. The van der Waals surface area contributed by atoms with Gasteiger partial charge in [0.25, 0.3) is 5.78 Å². The lowest BCUT2D eigenvalue weighted by molar-refractivity contribution is -0.139. The van der Waals surface area contributed by atoms with Crippen LogP contribution in [0.4, 0.5) is 0 Å². The maximum absolute atomic E-state index is 12.5. The summed E-state index contributed by atoms with van der Waals surface area (Å²) in [4.78, 5) is 24.6. The first-order valence-electron chi connectivity index (χ1n) is 7.72. The number of benzene rings is 1. The Balaban J connectivity index is 1.80. The molecule has 0 N–H and O–H groups in total. The molecule has 3 rings (SSSR count). The van der Waals surface area contributed by atoms with Gasteiger partial charge in [-0.1, -0.05) is 23.4 Å². The zero-order chi connectivity index (χ0) is 18.0. The van der Waals surface area contributed by atoms with Crippen molar-refractivity contribution in [3.63, 3.8) is 0 Å². The van der Waals surface area contributed by atoms with Gasteiger partial charge in [0.2, 0.25) is 0 Å². The Morgan fingerprint density at radius 2 is 1.88 bits per heavy atom. The summed E-state index contributed by atoms with van der Waals surface area (Å²) in [5.74, 6) is -1.30. The number of hydrogen-bond donors (Lipinski definition) is 0. The van der Waals surface area contributed by atoms with Gasteiger partial charge in [-0.25, -0.2) is 9.48 Å². The summed E-state index contributed by atoms with van der Waals surface area (Å²) in [6, 6.07) is 11.0. The van der Waals surface area contributed by atoms with E-state index >= 15 is 0 Å². The van der Waals surface area contributed by atoms with Crippen LogP contribution < -0.4 is 0 Å². The number of aryl methyl sites for hydroxylation is 2. The molecule has 0 fully saturated rings. The lowest BCUT2D eigenvalue weighted by Crippen LogP contribution is -2.19. The molecular weight excluding hydrogens is 322 g/mol. The lowest BCUT2D eigenvalue weighted by Gasteiger charge is -2.05. The van der Waals surface area contributed by atoms with E-state index < -0.39 is 11.8 Å². The summed E-state index contributed by atoms with van der Waals surface area (Å²) in [6.45, 7) is 5.04. The van der Waals surface area contributed by atoms with E-state index in [1.807, 2.05) is 30.3 Å². The molecular formula is C18H17N3O4. The van der Waals surface area contributed by atoms with Gasteiger partial charge in [-0.15, -0.1) is 0 Å². The number of rotatable bonds is 5. The molecule has 0 radical (unpaired) electrons. The Labute approximate surface area is 144 Å². The van der Waals surface area contributed by atoms with Crippen molar-refractivity contribution in [3.05, 3.63) is 64.8 Å². The fraction of sp³-hybridized carbons (Fsp3) is 0.222. The second kappa shape index (κ2) is 6.72. The minimum absolute atomic E-state index is 0.143. The third-order valence-corrected chi connectivity index (χ3v) is 3.73. The molecule has 0 saturated carbocycles. The normalized spacial score (nSPS) is 10.7. The standard InChI is InChI=1S/C18H17N3O4/c1-11-9-15(25-20-11)10-24-18(23)17(22)16-12(2)19-21(13(16)3)14-7-5-4-6-8-14/h4-9H,10H2,1-3H3. The van der Waals surface area contributed by atoms with E-state index in [1.54, 1.807) is 31.5 Å². The van der Waals surface area contributed by atoms with Crippen LogP contribution in [0.15, 0.2) is 40.9 Å². The Bertz CT molecular complexity index is 925. The zero-order valence-electron chi connectivity index (χ0n) is 14.1. The predicted molar refractivity (Wildman–Crippen MR) is 88.4 cm³/mol. The first-order valence-corrected chi connectivity index (χ1v) is 7.72. The quantitative estimate of drug-likeness (QED) is 0.403. The van der Waals surface area contributed by atoms with Crippen LogP contribution in [-0.2, 0) is 16.1 Å². The molecule has 0 atom stereocenters. The van der Waals surface area contributed by atoms with Crippen molar-refractivity contribution in [1.29, 1.82) is 0 Å². The summed E-state index contributed by atoms with van der Waals surface area (Å²) in [6.07, 6.45) is 0. The molecule has 0 aliphatic carbocycles. The number of carbonyl (C=O) groups is 2. The number of hydrogen-bond acceptors (Lipinski definition) is 6. The van der Waals surface area contributed by atoms with Gasteiger partial charge in [-0.3, -0.25) is 4.79 Å². The number of para-hydroxylation sites is 1. The number of nitrogens with zero attached hydrogens (tertiary/aromatic N) is 3. The number of carbonyl (C=O) groups excluding carboxylic acids is 2. The molecule has 3 aromatic rings. The van der Waals surface area contributed by atoms with Crippen LogP contribution >= 0.6 is 0 Å².